The number of ether oxygens (including phenoxy) is 2. The lowest BCUT2D eigenvalue weighted by Gasteiger charge is -2.22. The van der Waals surface area contributed by atoms with Gasteiger partial charge in [0.15, 0.2) is 0 Å². The minimum atomic E-state index is -1.15. The highest BCUT2D eigenvalue weighted by molar-refractivity contribution is 5.98. The molecule has 0 aliphatic carbocycles. The van der Waals surface area contributed by atoms with Crippen molar-refractivity contribution in [3.8, 4) is 11.3 Å². The number of nitrogens with zero attached hydrogens (tertiary/aromatic N) is 2. The number of esters is 1. The second-order valence-corrected chi connectivity index (χ2v) is 9.23. The summed E-state index contributed by atoms with van der Waals surface area (Å²) in [6.07, 6.45) is -0.782. The number of hydrogen-bond donors (Lipinski definition) is 3. The van der Waals surface area contributed by atoms with E-state index in [2.05, 4.69) is 10.3 Å². The van der Waals surface area contributed by atoms with Crippen LogP contribution in [0.3, 0.4) is 0 Å². The van der Waals surface area contributed by atoms with Gasteiger partial charge >= 0.3 is 18.1 Å². The van der Waals surface area contributed by atoms with E-state index in [0.29, 0.717) is 21.7 Å². The zero-order valence-corrected chi connectivity index (χ0v) is 22.3. The first-order chi connectivity index (χ1) is 19.0. The van der Waals surface area contributed by atoms with Crippen LogP contribution in [-0.4, -0.2) is 42.3 Å². The third-order valence-electron chi connectivity index (χ3n) is 5.86. The predicted molar refractivity (Wildman–Crippen MR) is 144 cm³/mol. The molecule has 40 heavy (non-hydrogen) atoms. The minimum absolute atomic E-state index is 0.000822. The first-order valence-corrected chi connectivity index (χ1v) is 12.4. The monoisotopic (exact) mass is 555 g/mol. The summed E-state index contributed by atoms with van der Waals surface area (Å²) >= 11 is 0. The molecule has 10 nitrogen and oxygen atoms in total. The molecule has 12 heteroatoms. The van der Waals surface area contributed by atoms with Gasteiger partial charge in [0, 0.05) is 11.1 Å². The Hall–Kier alpha value is -4.58. The Morgan fingerprint density at radius 2 is 1.65 bits per heavy atom. The van der Waals surface area contributed by atoms with E-state index in [1.807, 2.05) is 19.1 Å². The van der Waals surface area contributed by atoms with Crippen molar-refractivity contribution in [1.29, 1.82) is 0 Å². The Morgan fingerprint density at radius 3 is 2.25 bits per heavy atom. The molecule has 0 saturated carbocycles. The quantitative estimate of drug-likeness (QED) is 0.249. The zero-order valence-electron chi connectivity index (χ0n) is 22.3. The van der Waals surface area contributed by atoms with E-state index in [4.69, 9.17) is 20.9 Å². The number of para-hydroxylation sites is 1. The number of hydrogen-bond acceptors (Lipinski definition) is 7. The number of nitrogens with one attached hydrogen (secondary N) is 1. The fourth-order valence-corrected chi connectivity index (χ4v) is 3.59. The number of urea groups is 1. The van der Waals surface area contributed by atoms with Crippen molar-refractivity contribution in [2.45, 2.75) is 33.4 Å². The van der Waals surface area contributed by atoms with Crippen LogP contribution in [0.15, 0.2) is 54.6 Å². The Labute approximate surface area is 230 Å². The van der Waals surface area contributed by atoms with Gasteiger partial charge < -0.3 is 26.3 Å². The minimum Gasteiger partial charge on any atom is -0.463 e. The molecule has 1 heterocycles. The number of benzene rings is 2. The van der Waals surface area contributed by atoms with Gasteiger partial charge in [0.1, 0.15) is 42.4 Å². The van der Waals surface area contributed by atoms with Crippen LogP contribution in [0.25, 0.3) is 11.3 Å². The molecule has 3 aromatic rings. The average Bonchev–Trinajstić information content (AvgIpc) is 2.91. The number of nitrogens with two attached hydrogens (primary N) is 2. The van der Waals surface area contributed by atoms with Crippen LogP contribution in [0, 0.1) is 24.5 Å². The van der Waals surface area contributed by atoms with Crippen molar-refractivity contribution in [2.24, 2.45) is 17.4 Å². The lowest BCUT2D eigenvalue weighted by atomic mass is 10.0. The standard InChI is InChI=1S/C28H31F2N5O5/c1-16(2)23(31)26(36)39-14-13-33-28(38)40-15-19-11-12-22(34-24(19)18-9-7-17(3)8-10-18)35(27(32)37)25-20(29)5-4-6-21(25)30/h4-12,16,23H,13-15,31H2,1-3H3,(H2,32,37)(H,33,38)/t23-/m0/s1. The summed E-state index contributed by atoms with van der Waals surface area (Å²) in [5.41, 5.74) is 12.8. The summed E-state index contributed by atoms with van der Waals surface area (Å²) in [5.74, 6) is -2.80. The maximum absolute atomic E-state index is 14.5. The van der Waals surface area contributed by atoms with E-state index in [1.54, 1.807) is 26.0 Å². The van der Waals surface area contributed by atoms with E-state index in [1.165, 1.54) is 12.1 Å². The lowest BCUT2D eigenvalue weighted by molar-refractivity contribution is -0.146. The molecule has 5 N–H and O–H groups in total. The number of aromatic nitrogens is 1. The number of aryl methyl sites for hydroxylation is 1. The molecule has 212 valence electrons. The van der Waals surface area contributed by atoms with Crippen molar-refractivity contribution in [3.05, 3.63) is 77.4 Å². The summed E-state index contributed by atoms with van der Waals surface area (Å²) < 4.78 is 39.4. The van der Waals surface area contributed by atoms with Gasteiger partial charge in [-0.1, -0.05) is 49.7 Å². The van der Waals surface area contributed by atoms with Gasteiger partial charge in [-0.3, -0.25) is 4.79 Å². The van der Waals surface area contributed by atoms with E-state index in [9.17, 15) is 23.2 Å². The van der Waals surface area contributed by atoms with Crippen molar-refractivity contribution >= 4 is 29.6 Å². The number of anilines is 2. The van der Waals surface area contributed by atoms with Gasteiger partial charge in [0.25, 0.3) is 0 Å². The van der Waals surface area contributed by atoms with Crippen molar-refractivity contribution in [2.75, 3.05) is 18.1 Å². The molecule has 1 atom stereocenters. The van der Waals surface area contributed by atoms with Crippen LogP contribution in [0.4, 0.5) is 29.9 Å². The highest BCUT2D eigenvalue weighted by Crippen LogP contribution is 2.32. The molecule has 0 radical (unpaired) electrons. The first-order valence-electron chi connectivity index (χ1n) is 12.4. The molecule has 1 aromatic heterocycles. The molecule has 0 aliphatic rings. The molecule has 0 unspecified atom stereocenters. The van der Waals surface area contributed by atoms with Crippen LogP contribution >= 0.6 is 0 Å². The number of pyridine rings is 1. The smallest absolute Gasteiger partial charge is 0.407 e. The van der Waals surface area contributed by atoms with Gasteiger partial charge in [-0.2, -0.15) is 0 Å². The Morgan fingerprint density at radius 1 is 1.00 bits per heavy atom. The Balaban J connectivity index is 1.80. The Kier molecular flexibility index (Phi) is 10.1. The molecule has 3 rings (SSSR count). The SMILES string of the molecule is Cc1ccc(-c2nc(N(C(N)=O)c3c(F)cccc3F)ccc2COC(=O)NCCOC(=O)[C@@H](N)C(C)C)cc1. The second-order valence-electron chi connectivity index (χ2n) is 9.23. The zero-order chi connectivity index (χ0) is 29.4. The largest absolute Gasteiger partial charge is 0.463 e. The number of primary amides is 1. The van der Waals surface area contributed by atoms with E-state index < -0.39 is 41.5 Å². The van der Waals surface area contributed by atoms with Crippen LogP contribution < -0.4 is 21.7 Å². The number of amides is 3. The molecular weight excluding hydrogens is 524 g/mol. The molecular formula is C28H31F2N5O5. The molecule has 0 bridgehead atoms. The topological polar surface area (TPSA) is 150 Å². The maximum atomic E-state index is 14.5. The third-order valence-corrected chi connectivity index (χ3v) is 5.86. The van der Waals surface area contributed by atoms with Gasteiger partial charge in [-0.25, -0.2) is 28.3 Å². The second kappa shape index (κ2) is 13.5. The van der Waals surface area contributed by atoms with E-state index in [-0.39, 0.29) is 31.5 Å². The van der Waals surface area contributed by atoms with Crippen molar-refractivity contribution < 1.29 is 32.6 Å². The van der Waals surface area contributed by atoms with Gasteiger partial charge in [0.05, 0.1) is 12.2 Å². The van der Waals surface area contributed by atoms with Gasteiger partial charge in [-0.05, 0) is 37.1 Å². The summed E-state index contributed by atoms with van der Waals surface area (Å²) in [6.45, 7) is 5.15. The number of rotatable bonds is 10. The fourth-order valence-electron chi connectivity index (χ4n) is 3.59. The van der Waals surface area contributed by atoms with Crippen molar-refractivity contribution in [1.82, 2.24) is 10.3 Å². The summed E-state index contributed by atoms with van der Waals surface area (Å²) in [6, 6.07) is 11.3. The number of carbonyl (C=O) groups is 3. The molecule has 2 aromatic carbocycles. The molecule has 0 aliphatic heterocycles. The summed E-state index contributed by atoms with van der Waals surface area (Å²) in [5, 5.41) is 2.47. The van der Waals surface area contributed by atoms with Crippen LogP contribution in [0.1, 0.15) is 25.0 Å². The maximum Gasteiger partial charge on any atom is 0.407 e. The predicted octanol–water partition coefficient (Wildman–Crippen LogP) is 4.30. The van der Waals surface area contributed by atoms with Crippen LogP contribution in [-0.2, 0) is 20.9 Å². The highest BCUT2D eigenvalue weighted by Gasteiger charge is 2.25. The first kappa shape index (κ1) is 30.0. The number of carbonyl (C=O) groups excluding carboxylic acids is 3. The lowest BCUT2D eigenvalue weighted by Crippen LogP contribution is -2.38. The normalized spacial score (nSPS) is 11.6. The van der Waals surface area contributed by atoms with Gasteiger partial charge in [-0.15, -0.1) is 0 Å². The number of alkyl carbamates (subject to hydrolysis) is 1. The highest BCUT2D eigenvalue weighted by atomic mass is 19.1. The molecule has 0 spiro atoms. The third kappa shape index (κ3) is 7.50. The molecule has 0 fully saturated rings. The number of halogens is 2. The van der Waals surface area contributed by atoms with E-state index in [0.717, 1.165) is 23.8 Å². The Bertz CT molecular complexity index is 1350. The van der Waals surface area contributed by atoms with Crippen molar-refractivity contribution in [3.63, 3.8) is 0 Å². The van der Waals surface area contributed by atoms with E-state index >= 15 is 0 Å². The van der Waals surface area contributed by atoms with Crippen LogP contribution in [0.2, 0.25) is 0 Å². The summed E-state index contributed by atoms with van der Waals surface area (Å²) in [4.78, 5) is 41.4. The van der Waals surface area contributed by atoms with Gasteiger partial charge in [0.2, 0.25) is 0 Å². The summed E-state index contributed by atoms with van der Waals surface area (Å²) in [7, 11) is 0. The fraction of sp³-hybridized carbons (Fsp3) is 0.286. The molecule has 3 amide bonds. The molecule has 0 saturated heterocycles. The average molecular weight is 556 g/mol. The van der Waals surface area contributed by atoms with Crippen LogP contribution in [0.5, 0.6) is 0 Å².